The van der Waals surface area contributed by atoms with Gasteiger partial charge in [0.1, 0.15) is 29.3 Å². The Bertz CT molecular complexity index is 1350. The second-order valence-electron chi connectivity index (χ2n) is 8.82. The molecule has 1 unspecified atom stereocenters. The lowest BCUT2D eigenvalue weighted by Gasteiger charge is -2.36. The van der Waals surface area contributed by atoms with Crippen LogP contribution >= 0.6 is 0 Å². The Morgan fingerprint density at radius 1 is 1.00 bits per heavy atom. The van der Waals surface area contributed by atoms with Crippen molar-refractivity contribution >= 4 is 16.9 Å². The van der Waals surface area contributed by atoms with Gasteiger partial charge in [0, 0.05) is 5.56 Å². The second kappa shape index (κ2) is 7.48. The van der Waals surface area contributed by atoms with E-state index in [1.54, 1.807) is 0 Å². The first-order valence-electron chi connectivity index (χ1n) is 11.2. The minimum Gasteiger partial charge on any atom is -0.457 e. The Morgan fingerprint density at radius 2 is 1.76 bits per heavy atom. The maximum atomic E-state index is 9.69. The molecule has 0 bridgehead atoms. The molecule has 1 aliphatic heterocycles. The minimum absolute atomic E-state index is 0.0575. The van der Waals surface area contributed by atoms with Crippen molar-refractivity contribution in [1.82, 2.24) is 24.6 Å². The normalized spacial score (nSPS) is 18.9. The van der Waals surface area contributed by atoms with Crippen LogP contribution in [0, 0.1) is 11.5 Å². The zero-order chi connectivity index (χ0) is 22.4. The predicted octanol–water partition coefficient (Wildman–Crippen LogP) is 4.52. The van der Waals surface area contributed by atoms with E-state index in [1.807, 2.05) is 64.2 Å². The van der Waals surface area contributed by atoms with E-state index in [-0.39, 0.29) is 11.6 Å². The van der Waals surface area contributed by atoms with Gasteiger partial charge in [-0.15, -0.1) is 0 Å². The lowest BCUT2D eigenvalue weighted by molar-refractivity contribution is 0.151. The number of nitrogens with two attached hydrogens (primary N) is 1. The molecule has 4 aromatic rings. The maximum absolute atomic E-state index is 9.69. The Morgan fingerprint density at radius 3 is 2.48 bits per heavy atom. The van der Waals surface area contributed by atoms with E-state index in [0.717, 1.165) is 53.8 Å². The van der Waals surface area contributed by atoms with Gasteiger partial charge in [0.05, 0.1) is 23.5 Å². The van der Waals surface area contributed by atoms with Gasteiger partial charge in [-0.2, -0.15) is 10.4 Å². The van der Waals surface area contributed by atoms with Crippen LogP contribution in [0.1, 0.15) is 31.7 Å². The van der Waals surface area contributed by atoms with Gasteiger partial charge >= 0.3 is 0 Å². The van der Waals surface area contributed by atoms with Crippen LogP contribution in [0.15, 0.2) is 60.9 Å². The Labute approximate surface area is 191 Å². The lowest BCUT2D eigenvalue weighted by atomic mass is 9.97. The average Bonchev–Trinajstić information content (AvgIpc) is 3.51. The molecule has 8 heteroatoms. The summed E-state index contributed by atoms with van der Waals surface area (Å²) in [5, 5.41) is 15.4. The molecule has 33 heavy (non-hydrogen) atoms. The van der Waals surface area contributed by atoms with Gasteiger partial charge < -0.3 is 15.4 Å². The Balaban J connectivity index is 1.36. The highest BCUT2D eigenvalue weighted by Gasteiger charge is 2.51. The van der Waals surface area contributed by atoms with Crippen molar-refractivity contribution in [3.8, 4) is 28.9 Å². The summed E-state index contributed by atoms with van der Waals surface area (Å²) in [6.07, 6.45) is 8.04. The zero-order valence-corrected chi connectivity index (χ0v) is 18.1. The Hall–Kier alpha value is -4.12. The molecule has 1 atom stereocenters. The minimum atomic E-state index is 0.0575. The predicted molar refractivity (Wildman–Crippen MR) is 124 cm³/mol. The topological polar surface area (TPSA) is 106 Å². The summed E-state index contributed by atoms with van der Waals surface area (Å²) in [5.41, 5.74) is 8.72. The van der Waals surface area contributed by atoms with Gasteiger partial charge in [0.2, 0.25) is 0 Å². The molecular weight excluding hydrogens is 414 g/mol. The molecule has 2 aromatic carbocycles. The molecule has 2 aromatic heterocycles. The van der Waals surface area contributed by atoms with Crippen molar-refractivity contribution in [2.75, 3.05) is 12.3 Å². The number of ether oxygens (including phenoxy) is 1. The van der Waals surface area contributed by atoms with E-state index < -0.39 is 0 Å². The standard InChI is InChI=1S/C25H23N7O/c26-15-31-14-18(10-11-25(31)12-13-25)32-24-21(23(27)28-16-29-24)22(30-32)17-6-8-20(9-7-17)33-19-4-2-1-3-5-19/h1-9,16,18H,10-14H2,(H2,27,28,29). The number of hydrogen-bond acceptors (Lipinski definition) is 7. The zero-order valence-electron chi connectivity index (χ0n) is 18.1. The fourth-order valence-corrected chi connectivity index (χ4v) is 4.83. The van der Waals surface area contributed by atoms with Crippen molar-refractivity contribution in [3.05, 3.63) is 60.9 Å². The van der Waals surface area contributed by atoms with E-state index in [9.17, 15) is 5.26 Å². The van der Waals surface area contributed by atoms with Gasteiger partial charge in [0.25, 0.3) is 0 Å². The smallest absolute Gasteiger partial charge is 0.179 e. The highest BCUT2D eigenvalue weighted by molar-refractivity contribution is 5.98. The van der Waals surface area contributed by atoms with Gasteiger partial charge in [-0.05, 0) is 62.1 Å². The largest absolute Gasteiger partial charge is 0.457 e. The molecule has 2 fully saturated rings. The summed E-state index contributed by atoms with van der Waals surface area (Å²) in [4.78, 5) is 10.7. The maximum Gasteiger partial charge on any atom is 0.179 e. The molecule has 0 radical (unpaired) electrons. The first-order valence-corrected chi connectivity index (χ1v) is 11.2. The molecule has 1 saturated carbocycles. The second-order valence-corrected chi connectivity index (χ2v) is 8.82. The third-order valence-electron chi connectivity index (χ3n) is 6.83. The van der Waals surface area contributed by atoms with Crippen LogP contribution in [0.5, 0.6) is 11.5 Å². The SMILES string of the molecule is N#CN1CC(n2nc(-c3ccc(Oc4ccccc4)cc3)c3c(N)ncnc32)CCC12CC2. The number of likely N-dealkylation sites (tertiary alicyclic amines) is 1. The van der Waals surface area contributed by atoms with Crippen LogP contribution in [-0.2, 0) is 0 Å². The van der Waals surface area contributed by atoms with Crippen LogP contribution in [0.25, 0.3) is 22.3 Å². The number of aromatic nitrogens is 4. The molecule has 164 valence electrons. The van der Waals surface area contributed by atoms with Gasteiger partial charge in [-0.25, -0.2) is 14.6 Å². The summed E-state index contributed by atoms with van der Waals surface area (Å²) in [5.74, 6) is 1.92. The van der Waals surface area contributed by atoms with Crippen LogP contribution in [-0.4, -0.2) is 36.7 Å². The summed E-state index contributed by atoms with van der Waals surface area (Å²) in [6, 6.07) is 17.5. The third kappa shape index (κ3) is 3.33. The van der Waals surface area contributed by atoms with E-state index in [0.29, 0.717) is 18.0 Å². The molecule has 3 heterocycles. The number of fused-ring (bicyclic) bond motifs is 1. The molecule has 8 nitrogen and oxygen atoms in total. The number of nitriles is 1. The van der Waals surface area contributed by atoms with Crippen molar-refractivity contribution in [2.45, 2.75) is 37.3 Å². The number of hydrogen-bond donors (Lipinski definition) is 1. The fourth-order valence-electron chi connectivity index (χ4n) is 4.83. The van der Waals surface area contributed by atoms with Crippen LogP contribution in [0.3, 0.4) is 0 Å². The quantitative estimate of drug-likeness (QED) is 0.468. The van der Waals surface area contributed by atoms with Gasteiger partial charge in [-0.1, -0.05) is 18.2 Å². The summed E-state index contributed by atoms with van der Waals surface area (Å²) in [7, 11) is 0. The summed E-state index contributed by atoms with van der Waals surface area (Å²) in [6.45, 7) is 0.639. The highest BCUT2D eigenvalue weighted by atomic mass is 16.5. The van der Waals surface area contributed by atoms with Crippen molar-refractivity contribution in [1.29, 1.82) is 5.26 Å². The molecule has 0 amide bonds. The molecule has 1 spiro atoms. The van der Waals surface area contributed by atoms with Gasteiger partial charge in [0.15, 0.2) is 11.8 Å². The van der Waals surface area contributed by atoms with E-state index >= 15 is 0 Å². The average molecular weight is 438 g/mol. The number of anilines is 1. The number of para-hydroxylation sites is 1. The summed E-state index contributed by atoms with van der Waals surface area (Å²) < 4.78 is 7.86. The van der Waals surface area contributed by atoms with E-state index in [2.05, 4.69) is 16.2 Å². The van der Waals surface area contributed by atoms with Crippen molar-refractivity contribution in [3.63, 3.8) is 0 Å². The number of rotatable bonds is 4. The number of nitrogen functional groups attached to an aromatic ring is 1. The highest BCUT2D eigenvalue weighted by Crippen LogP contribution is 2.50. The summed E-state index contributed by atoms with van der Waals surface area (Å²) >= 11 is 0. The molecule has 2 N–H and O–H groups in total. The van der Waals surface area contributed by atoms with Gasteiger partial charge in [-0.3, -0.25) is 0 Å². The first kappa shape index (κ1) is 19.6. The van der Waals surface area contributed by atoms with E-state index in [1.165, 1.54) is 6.33 Å². The van der Waals surface area contributed by atoms with Crippen molar-refractivity contribution < 1.29 is 4.74 Å². The third-order valence-corrected chi connectivity index (χ3v) is 6.83. The molecular formula is C25H23N7O. The number of nitrogens with zero attached hydrogens (tertiary/aromatic N) is 6. The molecule has 6 rings (SSSR count). The first-order chi connectivity index (χ1) is 16.2. The van der Waals surface area contributed by atoms with Crippen LogP contribution in [0.2, 0.25) is 0 Å². The van der Waals surface area contributed by atoms with Crippen LogP contribution < -0.4 is 10.5 Å². The lowest BCUT2D eigenvalue weighted by Crippen LogP contribution is -2.43. The molecule has 2 aliphatic rings. The van der Waals surface area contributed by atoms with E-state index in [4.69, 9.17) is 15.6 Å². The molecule has 1 aliphatic carbocycles. The monoisotopic (exact) mass is 437 g/mol. The van der Waals surface area contributed by atoms with Crippen molar-refractivity contribution in [2.24, 2.45) is 0 Å². The number of piperidine rings is 1. The fraction of sp³-hybridized carbons (Fsp3) is 0.280. The Kier molecular flexibility index (Phi) is 4.44. The number of benzene rings is 2. The van der Waals surface area contributed by atoms with Crippen LogP contribution in [0.4, 0.5) is 5.82 Å². The molecule has 1 saturated heterocycles.